The second-order valence-corrected chi connectivity index (χ2v) is 4.40. The van der Waals surface area contributed by atoms with Crippen molar-refractivity contribution in [3.63, 3.8) is 0 Å². The number of aromatic nitrogens is 3. The van der Waals surface area contributed by atoms with Crippen LogP contribution < -0.4 is 10.1 Å². The first-order valence-electron chi connectivity index (χ1n) is 5.55. The third kappa shape index (κ3) is 3.62. The second kappa shape index (κ2) is 6.10. The first kappa shape index (κ1) is 13.2. The molecule has 0 aromatic carbocycles. The summed E-state index contributed by atoms with van der Waals surface area (Å²) in [4.78, 5) is 22.8. The maximum Gasteiger partial charge on any atom is 0.355 e. The number of rotatable bonds is 6. The van der Waals surface area contributed by atoms with Crippen LogP contribution >= 0.6 is 11.3 Å². The molecule has 2 heterocycles. The molecular formula is C11H12N4O3S. The molecule has 0 fully saturated rings. The molecule has 2 aromatic rings. The van der Waals surface area contributed by atoms with Crippen molar-refractivity contribution in [1.29, 1.82) is 0 Å². The van der Waals surface area contributed by atoms with Gasteiger partial charge in [-0.3, -0.25) is 4.98 Å². The van der Waals surface area contributed by atoms with Crippen molar-refractivity contribution >= 4 is 23.1 Å². The Bertz CT molecular complexity index is 573. The van der Waals surface area contributed by atoms with E-state index in [2.05, 4.69) is 20.3 Å². The first-order valence-corrected chi connectivity index (χ1v) is 6.43. The van der Waals surface area contributed by atoms with E-state index in [1.807, 2.05) is 6.92 Å². The van der Waals surface area contributed by atoms with Crippen LogP contribution in [0.15, 0.2) is 17.8 Å². The number of aromatic carboxylic acids is 1. The first-order chi connectivity index (χ1) is 9.19. The van der Waals surface area contributed by atoms with Crippen LogP contribution in [0.4, 0.5) is 5.82 Å². The largest absolute Gasteiger partial charge is 0.477 e. The molecule has 0 aliphatic rings. The maximum absolute atomic E-state index is 10.7. The minimum atomic E-state index is -1.03. The third-order valence-corrected chi connectivity index (χ3v) is 2.95. The van der Waals surface area contributed by atoms with Gasteiger partial charge in [-0.15, -0.1) is 11.3 Å². The van der Waals surface area contributed by atoms with Gasteiger partial charge in [0.2, 0.25) is 5.88 Å². The van der Waals surface area contributed by atoms with Crippen molar-refractivity contribution in [2.75, 3.05) is 11.9 Å². The molecule has 0 bridgehead atoms. The van der Waals surface area contributed by atoms with Crippen LogP contribution in [0.3, 0.4) is 0 Å². The van der Waals surface area contributed by atoms with Gasteiger partial charge in [-0.05, 0) is 6.92 Å². The summed E-state index contributed by atoms with van der Waals surface area (Å²) in [6.07, 6.45) is 3.09. The van der Waals surface area contributed by atoms with E-state index < -0.39 is 5.97 Å². The lowest BCUT2D eigenvalue weighted by molar-refractivity contribution is 0.0691. The highest BCUT2D eigenvalue weighted by atomic mass is 32.1. The van der Waals surface area contributed by atoms with Crippen molar-refractivity contribution in [3.05, 3.63) is 28.5 Å². The summed E-state index contributed by atoms with van der Waals surface area (Å²) in [5, 5.41) is 13.9. The van der Waals surface area contributed by atoms with E-state index in [0.29, 0.717) is 29.9 Å². The lowest BCUT2D eigenvalue weighted by Crippen LogP contribution is -2.04. The molecular weight excluding hydrogens is 268 g/mol. The number of carbonyl (C=O) groups is 1. The molecule has 0 amide bonds. The lowest BCUT2D eigenvalue weighted by Gasteiger charge is -2.05. The minimum Gasteiger partial charge on any atom is -0.477 e. The van der Waals surface area contributed by atoms with Crippen molar-refractivity contribution in [1.82, 2.24) is 15.0 Å². The Balaban J connectivity index is 1.97. The number of thiazole rings is 1. The Hall–Kier alpha value is -2.22. The van der Waals surface area contributed by atoms with Crippen LogP contribution in [-0.4, -0.2) is 32.6 Å². The molecule has 0 unspecified atom stereocenters. The van der Waals surface area contributed by atoms with E-state index >= 15 is 0 Å². The zero-order chi connectivity index (χ0) is 13.7. The Morgan fingerprint density at radius 1 is 1.47 bits per heavy atom. The highest BCUT2D eigenvalue weighted by Crippen LogP contribution is 2.13. The van der Waals surface area contributed by atoms with Crippen molar-refractivity contribution in [2.24, 2.45) is 0 Å². The molecule has 2 N–H and O–H groups in total. The van der Waals surface area contributed by atoms with E-state index in [4.69, 9.17) is 9.84 Å². The van der Waals surface area contributed by atoms with E-state index in [0.717, 1.165) is 0 Å². The lowest BCUT2D eigenvalue weighted by atomic mass is 10.5. The van der Waals surface area contributed by atoms with Gasteiger partial charge in [-0.25, -0.2) is 9.78 Å². The predicted octanol–water partition coefficient (Wildman–Crippen LogP) is 1.64. The smallest absolute Gasteiger partial charge is 0.355 e. The fourth-order valence-electron chi connectivity index (χ4n) is 1.31. The van der Waals surface area contributed by atoms with Gasteiger partial charge in [0.15, 0.2) is 5.69 Å². The number of nitrogens with zero attached hydrogens (tertiary/aromatic N) is 3. The Labute approximate surface area is 113 Å². The normalized spacial score (nSPS) is 10.2. The van der Waals surface area contributed by atoms with E-state index in [9.17, 15) is 4.79 Å². The van der Waals surface area contributed by atoms with Crippen LogP contribution in [0.2, 0.25) is 0 Å². The molecule has 8 heteroatoms. The molecule has 100 valence electrons. The van der Waals surface area contributed by atoms with Gasteiger partial charge in [0, 0.05) is 5.38 Å². The Kier molecular flexibility index (Phi) is 4.24. The fraction of sp³-hybridized carbons (Fsp3) is 0.273. The van der Waals surface area contributed by atoms with Gasteiger partial charge in [-0.1, -0.05) is 0 Å². The summed E-state index contributed by atoms with van der Waals surface area (Å²) in [5.41, 5.74) is 0.0518. The van der Waals surface area contributed by atoms with Crippen molar-refractivity contribution in [3.8, 4) is 5.88 Å². The molecule has 2 aromatic heterocycles. The van der Waals surface area contributed by atoms with Crippen molar-refractivity contribution < 1.29 is 14.6 Å². The molecule has 0 radical (unpaired) electrons. The number of carboxylic acid groups (broad SMARTS) is 1. The maximum atomic E-state index is 10.7. The Morgan fingerprint density at radius 3 is 3.00 bits per heavy atom. The molecule has 0 saturated heterocycles. The quantitative estimate of drug-likeness (QED) is 0.830. The zero-order valence-corrected chi connectivity index (χ0v) is 11.0. The summed E-state index contributed by atoms with van der Waals surface area (Å²) >= 11 is 1.28. The molecule has 19 heavy (non-hydrogen) atoms. The highest BCUT2D eigenvalue weighted by molar-refractivity contribution is 7.09. The minimum absolute atomic E-state index is 0.0518. The average molecular weight is 280 g/mol. The molecule has 0 aliphatic carbocycles. The predicted molar refractivity (Wildman–Crippen MR) is 69.6 cm³/mol. The van der Waals surface area contributed by atoms with Crippen LogP contribution in [0, 0.1) is 0 Å². The van der Waals surface area contributed by atoms with Crippen molar-refractivity contribution in [2.45, 2.75) is 13.5 Å². The summed E-state index contributed by atoms with van der Waals surface area (Å²) in [6, 6.07) is 0. The monoisotopic (exact) mass is 280 g/mol. The van der Waals surface area contributed by atoms with Gasteiger partial charge in [-0.2, -0.15) is 4.98 Å². The number of nitrogens with one attached hydrogen (secondary N) is 1. The van der Waals surface area contributed by atoms with E-state index in [1.165, 1.54) is 22.9 Å². The summed E-state index contributed by atoms with van der Waals surface area (Å²) in [7, 11) is 0. The topological polar surface area (TPSA) is 97.2 Å². The SMILES string of the molecule is CCOc1cncc(NCc2nc(C(=O)O)cs2)n1. The summed E-state index contributed by atoms with van der Waals surface area (Å²) < 4.78 is 5.23. The van der Waals surface area contributed by atoms with Crippen LogP contribution in [0.5, 0.6) is 5.88 Å². The van der Waals surface area contributed by atoms with Crippen LogP contribution in [-0.2, 0) is 6.54 Å². The van der Waals surface area contributed by atoms with Crippen LogP contribution in [0.1, 0.15) is 22.4 Å². The van der Waals surface area contributed by atoms with Gasteiger partial charge < -0.3 is 15.2 Å². The fourth-order valence-corrected chi connectivity index (χ4v) is 2.01. The zero-order valence-electron chi connectivity index (χ0n) is 10.2. The van der Waals surface area contributed by atoms with Crippen LogP contribution in [0.25, 0.3) is 0 Å². The number of hydrogen-bond donors (Lipinski definition) is 2. The molecule has 7 nitrogen and oxygen atoms in total. The summed E-state index contributed by atoms with van der Waals surface area (Å²) in [6.45, 7) is 2.78. The van der Waals surface area contributed by atoms with Gasteiger partial charge in [0.1, 0.15) is 10.8 Å². The van der Waals surface area contributed by atoms with Gasteiger partial charge in [0.25, 0.3) is 0 Å². The second-order valence-electron chi connectivity index (χ2n) is 3.46. The van der Waals surface area contributed by atoms with Gasteiger partial charge in [0.05, 0.1) is 25.5 Å². The summed E-state index contributed by atoms with van der Waals surface area (Å²) in [5.74, 6) is -0.0310. The molecule has 0 atom stereocenters. The standard InChI is InChI=1S/C11H12N4O3S/c1-2-18-9-4-12-3-8(15-9)13-5-10-14-7(6-19-10)11(16)17/h3-4,6H,2,5H2,1H3,(H,13,15)(H,16,17). The number of hydrogen-bond acceptors (Lipinski definition) is 7. The van der Waals surface area contributed by atoms with Gasteiger partial charge >= 0.3 is 5.97 Å². The third-order valence-electron chi connectivity index (χ3n) is 2.10. The number of ether oxygens (including phenoxy) is 1. The number of anilines is 1. The number of carboxylic acids is 1. The van der Waals surface area contributed by atoms with E-state index in [-0.39, 0.29) is 5.69 Å². The average Bonchev–Trinajstić information content (AvgIpc) is 2.86. The Morgan fingerprint density at radius 2 is 2.32 bits per heavy atom. The molecule has 2 rings (SSSR count). The molecule has 0 saturated carbocycles. The highest BCUT2D eigenvalue weighted by Gasteiger charge is 2.08. The molecule has 0 spiro atoms. The molecule has 0 aliphatic heterocycles. The van der Waals surface area contributed by atoms with E-state index in [1.54, 1.807) is 6.20 Å².